The molecule has 40 heavy (non-hydrogen) atoms. The van der Waals surface area contributed by atoms with E-state index in [1.807, 2.05) is 24.3 Å². The normalized spacial score (nSPS) is 14.1. The lowest BCUT2D eigenvalue weighted by Gasteiger charge is -2.26. The summed E-state index contributed by atoms with van der Waals surface area (Å²) in [6.07, 6.45) is 0.538. The van der Waals surface area contributed by atoms with Crippen LogP contribution in [-0.2, 0) is 35.2 Å². The molecule has 4 amide bonds. The summed E-state index contributed by atoms with van der Waals surface area (Å²) in [6.45, 7) is 3.52. The van der Waals surface area contributed by atoms with Crippen LogP contribution in [0.15, 0.2) is 30.5 Å². The van der Waals surface area contributed by atoms with Gasteiger partial charge in [0, 0.05) is 23.5 Å². The molecule has 0 aliphatic rings. The Morgan fingerprint density at radius 1 is 0.900 bits per heavy atom. The highest BCUT2D eigenvalue weighted by Gasteiger charge is 2.31. The molecule has 0 bridgehead atoms. The highest BCUT2D eigenvalue weighted by atomic mass is 16.4. The third kappa shape index (κ3) is 9.69. The predicted molar refractivity (Wildman–Crippen MR) is 144 cm³/mol. The molecule has 218 valence electrons. The van der Waals surface area contributed by atoms with Gasteiger partial charge in [0.05, 0.1) is 12.5 Å². The van der Waals surface area contributed by atoms with Gasteiger partial charge < -0.3 is 42.6 Å². The van der Waals surface area contributed by atoms with E-state index in [1.165, 1.54) is 0 Å². The van der Waals surface area contributed by atoms with Crippen molar-refractivity contribution in [3.8, 4) is 0 Å². The lowest BCUT2D eigenvalue weighted by molar-refractivity contribution is -0.144. The molecule has 14 heteroatoms. The fourth-order valence-electron chi connectivity index (χ4n) is 4.09. The zero-order chi connectivity index (χ0) is 30.0. The molecule has 0 aliphatic heterocycles. The van der Waals surface area contributed by atoms with Gasteiger partial charge in [-0.25, -0.2) is 4.79 Å². The van der Waals surface area contributed by atoms with E-state index >= 15 is 0 Å². The Balaban J connectivity index is 2.16. The van der Waals surface area contributed by atoms with Crippen molar-refractivity contribution in [2.45, 2.75) is 70.1 Å². The number of aromatic nitrogens is 1. The van der Waals surface area contributed by atoms with Crippen molar-refractivity contribution < 1.29 is 39.0 Å². The lowest BCUT2D eigenvalue weighted by atomic mass is 10.0. The number of amides is 4. The van der Waals surface area contributed by atoms with Crippen molar-refractivity contribution in [1.82, 2.24) is 20.9 Å². The number of aromatic amines is 1. The topological polar surface area (TPSA) is 247 Å². The molecule has 14 nitrogen and oxygen atoms in total. The number of nitrogens with one attached hydrogen (secondary N) is 4. The Kier molecular flexibility index (Phi) is 11.6. The number of para-hydroxylation sites is 1. The quantitative estimate of drug-likeness (QED) is 0.130. The largest absolute Gasteiger partial charge is 0.481 e. The van der Waals surface area contributed by atoms with Gasteiger partial charge in [-0.05, 0) is 36.8 Å². The molecule has 10 N–H and O–H groups in total. The molecule has 4 atom stereocenters. The number of nitrogens with two attached hydrogens (primary N) is 2. The number of primary amides is 1. The standard InChI is InChI=1S/C26H36N6O8/c1-13(2)9-19(25(38)32-20(26(39)40)11-21(28)33)31-24(37)18(7-8-22(34)35)30-23(36)16(27)10-14-12-29-17-6-4-3-5-15(14)17/h3-6,12-13,16,18-20,29H,7-11,27H2,1-2H3,(H2,28,33)(H,30,36)(H,31,37)(H,32,38)(H,34,35)(H,39,40). The number of carboxylic acids is 2. The molecule has 0 radical (unpaired) electrons. The van der Waals surface area contributed by atoms with Gasteiger partial charge >= 0.3 is 11.9 Å². The zero-order valence-electron chi connectivity index (χ0n) is 22.3. The molecule has 0 fully saturated rings. The second-order valence-electron chi connectivity index (χ2n) is 9.92. The Bertz CT molecular complexity index is 1240. The van der Waals surface area contributed by atoms with Crippen LogP contribution in [0.3, 0.4) is 0 Å². The van der Waals surface area contributed by atoms with Crippen molar-refractivity contribution in [2.75, 3.05) is 0 Å². The number of rotatable bonds is 16. The molecule has 2 aromatic rings. The molecule has 4 unspecified atom stereocenters. The number of hydrogen-bond donors (Lipinski definition) is 8. The van der Waals surface area contributed by atoms with Crippen molar-refractivity contribution in [3.05, 3.63) is 36.0 Å². The first-order valence-electron chi connectivity index (χ1n) is 12.7. The summed E-state index contributed by atoms with van der Waals surface area (Å²) in [6, 6.07) is 2.16. The Morgan fingerprint density at radius 3 is 2.10 bits per heavy atom. The number of H-pyrrole nitrogens is 1. The monoisotopic (exact) mass is 560 g/mol. The summed E-state index contributed by atoms with van der Waals surface area (Å²) >= 11 is 0. The third-order valence-electron chi connectivity index (χ3n) is 6.09. The summed E-state index contributed by atoms with van der Waals surface area (Å²) in [4.78, 5) is 75.9. The fourth-order valence-corrected chi connectivity index (χ4v) is 4.09. The van der Waals surface area contributed by atoms with Gasteiger partial charge in [0.15, 0.2) is 0 Å². The van der Waals surface area contributed by atoms with E-state index in [4.69, 9.17) is 16.6 Å². The first kappa shape index (κ1) is 31.8. The van der Waals surface area contributed by atoms with E-state index in [9.17, 15) is 33.9 Å². The predicted octanol–water partition coefficient (Wildman–Crippen LogP) is -0.637. The van der Waals surface area contributed by atoms with Gasteiger partial charge in [0.2, 0.25) is 23.6 Å². The maximum absolute atomic E-state index is 13.2. The summed E-state index contributed by atoms with van der Waals surface area (Å²) < 4.78 is 0. The van der Waals surface area contributed by atoms with Crippen LogP contribution in [-0.4, -0.2) is 74.9 Å². The number of hydrogen-bond acceptors (Lipinski definition) is 7. The van der Waals surface area contributed by atoms with Crippen LogP contribution in [0, 0.1) is 5.92 Å². The van der Waals surface area contributed by atoms with Crippen LogP contribution < -0.4 is 27.4 Å². The van der Waals surface area contributed by atoms with E-state index < -0.39 is 72.6 Å². The Labute approximate surface area is 230 Å². The second kappa shape index (κ2) is 14.6. The fraction of sp³-hybridized carbons (Fsp3) is 0.462. The molecule has 1 aromatic heterocycles. The van der Waals surface area contributed by atoms with Crippen molar-refractivity contribution >= 4 is 46.5 Å². The number of carbonyl (C=O) groups is 6. The number of carboxylic acid groups (broad SMARTS) is 2. The first-order chi connectivity index (χ1) is 18.8. The van der Waals surface area contributed by atoms with Crippen LogP contribution in [0.1, 0.15) is 45.1 Å². The SMILES string of the molecule is CC(C)CC(NC(=O)C(CCC(=O)O)NC(=O)C(N)Cc1c[nH]c2ccccc12)C(=O)NC(CC(N)=O)C(=O)O. The average Bonchev–Trinajstić information content (AvgIpc) is 3.27. The molecule has 0 saturated carbocycles. The summed E-state index contributed by atoms with van der Waals surface area (Å²) in [5.41, 5.74) is 12.8. The summed E-state index contributed by atoms with van der Waals surface area (Å²) in [7, 11) is 0. The van der Waals surface area contributed by atoms with Gasteiger partial charge in [-0.15, -0.1) is 0 Å². The molecule has 0 spiro atoms. The summed E-state index contributed by atoms with van der Waals surface area (Å²) in [5.74, 6) is -6.20. The van der Waals surface area contributed by atoms with Gasteiger partial charge in [-0.3, -0.25) is 24.0 Å². The van der Waals surface area contributed by atoms with E-state index in [-0.39, 0.29) is 25.2 Å². The van der Waals surface area contributed by atoms with Gasteiger partial charge in [-0.2, -0.15) is 0 Å². The van der Waals surface area contributed by atoms with E-state index in [0.717, 1.165) is 16.5 Å². The van der Waals surface area contributed by atoms with Gasteiger partial charge in [-0.1, -0.05) is 32.0 Å². The number of fused-ring (bicyclic) bond motifs is 1. The van der Waals surface area contributed by atoms with Crippen LogP contribution >= 0.6 is 0 Å². The molecule has 0 saturated heterocycles. The Morgan fingerprint density at radius 2 is 1.50 bits per heavy atom. The smallest absolute Gasteiger partial charge is 0.326 e. The van der Waals surface area contributed by atoms with E-state index in [0.29, 0.717) is 0 Å². The minimum Gasteiger partial charge on any atom is -0.481 e. The minimum absolute atomic E-state index is 0.0835. The van der Waals surface area contributed by atoms with Crippen molar-refractivity contribution in [2.24, 2.45) is 17.4 Å². The number of benzene rings is 1. The van der Waals surface area contributed by atoms with Crippen LogP contribution in [0.2, 0.25) is 0 Å². The second-order valence-corrected chi connectivity index (χ2v) is 9.92. The highest BCUT2D eigenvalue weighted by Crippen LogP contribution is 2.19. The molecular weight excluding hydrogens is 524 g/mol. The summed E-state index contributed by atoms with van der Waals surface area (Å²) in [5, 5.41) is 26.5. The molecule has 1 aromatic carbocycles. The maximum atomic E-state index is 13.2. The highest BCUT2D eigenvalue weighted by molar-refractivity contribution is 5.95. The van der Waals surface area contributed by atoms with Crippen molar-refractivity contribution in [1.29, 1.82) is 0 Å². The molecule has 0 aliphatic carbocycles. The van der Waals surface area contributed by atoms with E-state index in [2.05, 4.69) is 20.9 Å². The van der Waals surface area contributed by atoms with Crippen LogP contribution in [0.5, 0.6) is 0 Å². The molecular formula is C26H36N6O8. The minimum atomic E-state index is -1.61. The maximum Gasteiger partial charge on any atom is 0.326 e. The lowest BCUT2D eigenvalue weighted by Crippen LogP contribution is -2.57. The van der Waals surface area contributed by atoms with Crippen LogP contribution in [0.4, 0.5) is 0 Å². The molecule has 1 heterocycles. The first-order valence-corrected chi connectivity index (χ1v) is 12.7. The number of carbonyl (C=O) groups excluding carboxylic acids is 4. The number of aliphatic carboxylic acids is 2. The molecule has 2 rings (SSSR count). The van der Waals surface area contributed by atoms with Crippen molar-refractivity contribution in [3.63, 3.8) is 0 Å². The van der Waals surface area contributed by atoms with Crippen LogP contribution in [0.25, 0.3) is 10.9 Å². The Hall–Kier alpha value is -4.46. The third-order valence-corrected chi connectivity index (χ3v) is 6.09. The van der Waals surface area contributed by atoms with Gasteiger partial charge in [0.1, 0.15) is 18.1 Å². The average molecular weight is 561 g/mol. The van der Waals surface area contributed by atoms with Gasteiger partial charge in [0.25, 0.3) is 0 Å². The zero-order valence-corrected chi connectivity index (χ0v) is 22.3. The van der Waals surface area contributed by atoms with E-state index in [1.54, 1.807) is 20.0 Å².